The highest BCUT2D eigenvalue weighted by atomic mass is 16.6. The summed E-state index contributed by atoms with van der Waals surface area (Å²) in [5.74, 6) is -0.596. The number of benzene rings is 1. The van der Waals surface area contributed by atoms with E-state index < -0.39 is 12.2 Å². The number of hydrogen-bond donors (Lipinski definition) is 1. The second-order valence-corrected chi connectivity index (χ2v) is 11.5. The Morgan fingerprint density at radius 2 is 1.80 bits per heavy atom. The normalized spacial score (nSPS) is 18.7. The lowest BCUT2D eigenvalue weighted by Gasteiger charge is -2.33. The fraction of sp³-hybridized carbons (Fsp3) is 0.562. The van der Waals surface area contributed by atoms with Crippen molar-refractivity contribution in [3.8, 4) is 0 Å². The summed E-state index contributed by atoms with van der Waals surface area (Å²) in [5, 5.41) is 15.7. The molecule has 1 N–H and O–H groups in total. The Hall–Kier alpha value is -3.30. The van der Waals surface area contributed by atoms with Crippen LogP contribution in [0.15, 0.2) is 35.9 Å². The van der Waals surface area contributed by atoms with E-state index in [4.69, 9.17) is 4.74 Å². The number of aldehydes is 2. The van der Waals surface area contributed by atoms with Gasteiger partial charge in [-0.2, -0.15) is 5.10 Å². The lowest BCUT2D eigenvalue weighted by molar-refractivity contribution is -0.111. The van der Waals surface area contributed by atoms with Gasteiger partial charge in [-0.25, -0.2) is 4.79 Å². The summed E-state index contributed by atoms with van der Waals surface area (Å²) >= 11 is 0. The number of rotatable bonds is 13. The van der Waals surface area contributed by atoms with Crippen molar-refractivity contribution in [2.45, 2.75) is 59.2 Å². The second kappa shape index (κ2) is 15.1. The quantitative estimate of drug-likeness (QED) is 0.283. The van der Waals surface area contributed by atoms with Crippen molar-refractivity contribution < 1.29 is 24.2 Å². The summed E-state index contributed by atoms with van der Waals surface area (Å²) in [6.07, 6.45) is 7.08. The number of piperazine rings is 1. The predicted octanol–water partition coefficient (Wildman–Crippen LogP) is 4.41. The van der Waals surface area contributed by atoms with E-state index in [1.54, 1.807) is 4.90 Å². The molecule has 1 aromatic carbocycles. The average Bonchev–Trinajstić information content (AvgIpc) is 3.24. The van der Waals surface area contributed by atoms with E-state index in [-0.39, 0.29) is 30.3 Å². The van der Waals surface area contributed by atoms with E-state index in [0.717, 1.165) is 47.1 Å². The van der Waals surface area contributed by atoms with Gasteiger partial charge in [0.1, 0.15) is 18.7 Å². The maximum Gasteiger partial charge on any atom is 0.410 e. The number of allylic oxidation sites excluding steroid dienone is 2. The number of fused-ring (bicyclic) bond motifs is 1. The van der Waals surface area contributed by atoms with Crippen molar-refractivity contribution >= 4 is 35.6 Å². The van der Waals surface area contributed by atoms with Crippen molar-refractivity contribution in [2.75, 3.05) is 33.2 Å². The van der Waals surface area contributed by atoms with Crippen LogP contribution >= 0.6 is 0 Å². The van der Waals surface area contributed by atoms with Gasteiger partial charge in [-0.1, -0.05) is 43.7 Å². The Balaban J connectivity index is 1.78. The first-order valence-electron chi connectivity index (χ1n) is 14.6. The van der Waals surface area contributed by atoms with Crippen LogP contribution in [0.4, 0.5) is 4.79 Å². The standard InChI is InChI=1S/C32H46N4O5/c1-22(28(21-38)24(3)20-26-8-7-9-29-31(26)25(4)33-35(29)6)11-13-30(23(2)10-12-27(39)14-19-37)41-32(40)36-17-15-34(5)16-18-36/h7-9,11,13,19-23,27-28,30,39H,10,12,14-18H2,1-6H3/b13-11+,24-20+/t22-,23-,27+,28-,30-/m0/s1. The molecule has 1 amide bonds. The Kier molecular flexibility index (Phi) is 11.8. The molecule has 0 unspecified atom stereocenters. The van der Waals surface area contributed by atoms with Crippen molar-refractivity contribution in [3.05, 3.63) is 47.2 Å². The summed E-state index contributed by atoms with van der Waals surface area (Å²) in [6.45, 7) is 10.7. The molecule has 1 aliphatic heterocycles. The third kappa shape index (κ3) is 8.60. The molecule has 1 aliphatic rings. The smallest absolute Gasteiger partial charge is 0.410 e. The molecule has 9 heteroatoms. The number of nitrogens with zero attached hydrogens (tertiary/aromatic N) is 4. The number of likely N-dealkylation sites (N-methyl/N-ethyl adjacent to an activating group) is 1. The molecule has 3 rings (SSSR count). The van der Waals surface area contributed by atoms with Crippen LogP contribution in [0.2, 0.25) is 0 Å². The first kappa shape index (κ1) is 32.2. The Morgan fingerprint density at radius 1 is 1.10 bits per heavy atom. The number of aliphatic hydroxyl groups is 1. The number of carbonyl (C=O) groups is 3. The molecule has 1 fully saturated rings. The van der Waals surface area contributed by atoms with E-state index in [9.17, 15) is 19.5 Å². The molecule has 2 aromatic rings. The maximum atomic E-state index is 13.0. The van der Waals surface area contributed by atoms with Crippen molar-refractivity contribution in [1.29, 1.82) is 0 Å². The molecule has 1 saturated heterocycles. The fourth-order valence-corrected chi connectivity index (χ4v) is 5.44. The van der Waals surface area contributed by atoms with E-state index in [2.05, 4.69) is 16.1 Å². The zero-order chi connectivity index (χ0) is 30.1. The molecule has 0 bridgehead atoms. The highest BCUT2D eigenvalue weighted by Gasteiger charge is 2.26. The van der Waals surface area contributed by atoms with Gasteiger partial charge in [-0.15, -0.1) is 0 Å². The van der Waals surface area contributed by atoms with Gasteiger partial charge in [0, 0.05) is 51.0 Å². The lowest BCUT2D eigenvalue weighted by Crippen LogP contribution is -2.48. The van der Waals surface area contributed by atoms with Gasteiger partial charge in [0.15, 0.2) is 0 Å². The Bertz CT molecular complexity index is 1240. The lowest BCUT2D eigenvalue weighted by atomic mass is 9.86. The maximum absolute atomic E-state index is 13.0. The summed E-state index contributed by atoms with van der Waals surface area (Å²) in [6, 6.07) is 6.07. The number of aryl methyl sites for hydroxylation is 2. The predicted molar refractivity (Wildman–Crippen MR) is 161 cm³/mol. The summed E-state index contributed by atoms with van der Waals surface area (Å²) in [4.78, 5) is 40.0. The van der Waals surface area contributed by atoms with Gasteiger partial charge in [0.2, 0.25) is 0 Å². The number of hydrogen-bond acceptors (Lipinski definition) is 7. The van der Waals surface area contributed by atoms with Crippen LogP contribution in [0.5, 0.6) is 0 Å². The van der Waals surface area contributed by atoms with E-state index in [0.29, 0.717) is 32.2 Å². The van der Waals surface area contributed by atoms with Crippen LogP contribution < -0.4 is 0 Å². The van der Waals surface area contributed by atoms with Gasteiger partial charge >= 0.3 is 6.09 Å². The number of amides is 1. The van der Waals surface area contributed by atoms with Crippen LogP contribution in [0.25, 0.3) is 17.0 Å². The first-order chi connectivity index (χ1) is 19.5. The van der Waals surface area contributed by atoms with Crippen LogP contribution in [0, 0.1) is 24.7 Å². The van der Waals surface area contributed by atoms with Crippen molar-refractivity contribution in [1.82, 2.24) is 19.6 Å². The Morgan fingerprint density at radius 3 is 2.46 bits per heavy atom. The molecule has 0 radical (unpaired) electrons. The van der Waals surface area contributed by atoms with Gasteiger partial charge in [0.05, 0.1) is 17.3 Å². The molecular formula is C32H46N4O5. The Labute approximate surface area is 243 Å². The first-order valence-corrected chi connectivity index (χ1v) is 14.6. The molecular weight excluding hydrogens is 520 g/mol. The number of carbonyl (C=O) groups excluding carboxylic acids is 3. The minimum atomic E-state index is -0.716. The molecule has 5 atom stereocenters. The number of aliphatic hydroxyl groups excluding tert-OH is 1. The van der Waals surface area contributed by atoms with E-state index in [1.165, 1.54) is 0 Å². The molecule has 224 valence electrons. The highest BCUT2D eigenvalue weighted by Crippen LogP contribution is 2.28. The van der Waals surface area contributed by atoms with Crippen LogP contribution in [0.3, 0.4) is 0 Å². The minimum Gasteiger partial charge on any atom is -0.442 e. The molecule has 0 saturated carbocycles. The summed E-state index contributed by atoms with van der Waals surface area (Å²) in [5.41, 5.74) is 3.94. The summed E-state index contributed by atoms with van der Waals surface area (Å²) in [7, 11) is 3.95. The number of ether oxygens (including phenoxy) is 1. The van der Waals surface area contributed by atoms with Crippen molar-refractivity contribution in [3.63, 3.8) is 0 Å². The van der Waals surface area contributed by atoms with E-state index in [1.807, 2.05) is 76.8 Å². The topological polar surface area (TPSA) is 105 Å². The van der Waals surface area contributed by atoms with Gasteiger partial charge in [-0.05, 0) is 63.3 Å². The van der Waals surface area contributed by atoms with Gasteiger partial charge < -0.3 is 29.2 Å². The third-order valence-corrected chi connectivity index (χ3v) is 8.19. The monoisotopic (exact) mass is 566 g/mol. The zero-order valence-electron chi connectivity index (χ0n) is 25.3. The summed E-state index contributed by atoms with van der Waals surface area (Å²) < 4.78 is 7.84. The van der Waals surface area contributed by atoms with Gasteiger partial charge in [-0.3, -0.25) is 4.68 Å². The highest BCUT2D eigenvalue weighted by molar-refractivity contribution is 5.91. The second-order valence-electron chi connectivity index (χ2n) is 11.5. The zero-order valence-corrected chi connectivity index (χ0v) is 25.3. The molecule has 2 heterocycles. The van der Waals surface area contributed by atoms with Crippen LogP contribution in [-0.2, 0) is 21.4 Å². The van der Waals surface area contributed by atoms with Crippen LogP contribution in [0.1, 0.15) is 51.3 Å². The minimum absolute atomic E-state index is 0.0876. The van der Waals surface area contributed by atoms with Gasteiger partial charge in [0.25, 0.3) is 0 Å². The molecule has 0 aliphatic carbocycles. The average molecular weight is 567 g/mol. The third-order valence-electron chi connectivity index (χ3n) is 8.19. The molecule has 41 heavy (non-hydrogen) atoms. The molecule has 1 aromatic heterocycles. The fourth-order valence-electron chi connectivity index (χ4n) is 5.44. The van der Waals surface area contributed by atoms with E-state index >= 15 is 0 Å². The SMILES string of the molecule is C/C(=C\c1cccc2c1c(C)nn2C)[C@@H](C=O)[C@@H](C)/C=C/[C@H](OC(=O)N1CCN(C)CC1)[C@@H](C)CC[C@@H](O)CC=O. The molecule has 9 nitrogen and oxygen atoms in total. The van der Waals surface area contributed by atoms with Crippen molar-refractivity contribution in [2.24, 2.45) is 24.8 Å². The number of aromatic nitrogens is 2. The molecule has 0 spiro atoms. The van der Waals surface area contributed by atoms with Crippen LogP contribution in [-0.4, -0.2) is 88.8 Å². The largest absolute Gasteiger partial charge is 0.442 e.